The van der Waals surface area contributed by atoms with E-state index in [1.54, 1.807) is 6.92 Å². The first kappa shape index (κ1) is 13.1. The van der Waals surface area contributed by atoms with E-state index in [4.69, 9.17) is 11.6 Å². The Balaban J connectivity index is 1.84. The van der Waals surface area contributed by atoms with Gasteiger partial charge in [0.05, 0.1) is 17.4 Å². The summed E-state index contributed by atoms with van der Waals surface area (Å²) in [6, 6.07) is -0.0281. The van der Waals surface area contributed by atoms with Crippen LogP contribution in [-0.2, 0) is 4.79 Å². The molecular weight excluding hydrogens is 252 g/mol. The molecule has 0 aliphatic heterocycles. The molecule has 1 fully saturated rings. The lowest BCUT2D eigenvalue weighted by atomic mass is 10.2. The van der Waals surface area contributed by atoms with E-state index >= 15 is 0 Å². The highest BCUT2D eigenvalue weighted by molar-refractivity contribution is 6.30. The number of carbonyl (C=O) groups is 1. The smallest absolute Gasteiger partial charge is 0.242 e. The van der Waals surface area contributed by atoms with Crippen LogP contribution in [0, 0.1) is 0 Å². The quantitative estimate of drug-likeness (QED) is 0.876. The van der Waals surface area contributed by atoms with Gasteiger partial charge >= 0.3 is 0 Å². The van der Waals surface area contributed by atoms with Crippen LogP contribution in [0.5, 0.6) is 0 Å². The van der Waals surface area contributed by atoms with Crippen molar-refractivity contribution in [3.63, 3.8) is 0 Å². The average molecular weight is 269 g/mol. The molecule has 1 amide bonds. The summed E-state index contributed by atoms with van der Waals surface area (Å²) in [5.41, 5.74) is 0. The number of nitrogens with one attached hydrogen (secondary N) is 2. The molecule has 0 radical (unpaired) electrons. The Bertz CT molecular complexity index is 403. The zero-order chi connectivity index (χ0) is 13.0. The number of aromatic nitrogens is 2. The molecule has 0 spiro atoms. The molecule has 0 aromatic carbocycles. The van der Waals surface area contributed by atoms with Gasteiger partial charge in [0, 0.05) is 6.04 Å². The maximum absolute atomic E-state index is 11.9. The first-order valence-electron chi connectivity index (χ1n) is 6.19. The Kier molecular flexibility index (Phi) is 4.36. The van der Waals surface area contributed by atoms with Crippen molar-refractivity contribution in [1.29, 1.82) is 0 Å². The van der Waals surface area contributed by atoms with Gasteiger partial charge in [-0.25, -0.2) is 9.97 Å². The Morgan fingerprint density at radius 1 is 1.39 bits per heavy atom. The van der Waals surface area contributed by atoms with Crippen molar-refractivity contribution in [3.05, 3.63) is 17.4 Å². The van der Waals surface area contributed by atoms with E-state index in [0.29, 0.717) is 17.0 Å². The lowest BCUT2D eigenvalue weighted by Crippen LogP contribution is -2.42. The Labute approximate surface area is 111 Å². The van der Waals surface area contributed by atoms with Gasteiger partial charge in [-0.3, -0.25) is 4.79 Å². The van der Waals surface area contributed by atoms with E-state index < -0.39 is 0 Å². The molecule has 1 heterocycles. The molecule has 2 rings (SSSR count). The Morgan fingerprint density at radius 3 is 2.61 bits per heavy atom. The van der Waals surface area contributed by atoms with Crippen molar-refractivity contribution in [3.8, 4) is 0 Å². The SMILES string of the molecule is C[C@H](Nc1ncc(Cl)cn1)C(=O)NC1CCCC1. The van der Waals surface area contributed by atoms with Gasteiger partial charge in [0.2, 0.25) is 11.9 Å². The monoisotopic (exact) mass is 268 g/mol. The third kappa shape index (κ3) is 3.57. The number of halogens is 1. The first-order valence-corrected chi connectivity index (χ1v) is 6.57. The van der Waals surface area contributed by atoms with E-state index in [0.717, 1.165) is 12.8 Å². The lowest BCUT2D eigenvalue weighted by molar-refractivity contribution is -0.122. The number of anilines is 1. The zero-order valence-corrected chi connectivity index (χ0v) is 11.1. The predicted octanol–water partition coefficient (Wildman–Crippen LogP) is 1.99. The number of rotatable bonds is 4. The van der Waals surface area contributed by atoms with E-state index in [2.05, 4.69) is 20.6 Å². The van der Waals surface area contributed by atoms with Crippen molar-refractivity contribution < 1.29 is 4.79 Å². The number of hydrogen-bond acceptors (Lipinski definition) is 4. The molecule has 98 valence electrons. The van der Waals surface area contributed by atoms with Crippen LogP contribution in [-0.4, -0.2) is 28.0 Å². The largest absolute Gasteiger partial charge is 0.352 e. The summed E-state index contributed by atoms with van der Waals surface area (Å²) in [5.74, 6) is 0.397. The molecular formula is C12H17ClN4O. The van der Waals surface area contributed by atoms with Gasteiger partial charge in [-0.05, 0) is 19.8 Å². The third-order valence-electron chi connectivity index (χ3n) is 3.06. The number of nitrogens with zero attached hydrogens (tertiary/aromatic N) is 2. The van der Waals surface area contributed by atoms with Gasteiger partial charge in [0.25, 0.3) is 0 Å². The summed E-state index contributed by atoms with van der Waals surface area (Å²) in [7, 11) is 0. The van der Waals surface area contributed by atoms with E-state index in [1.165, 1.54) is 25.2 Å². The molecule has 5 nitrogen and oxygen atoms in total. The molecule has 6 heteroatoms. The molecule has 1 saturated carbocycles. The highest BCUT2D eigenvalue weighted by atomic mass is 35.5. The van der Waals surface area contributed by atoms with Crippen LogP contribution in [0.4, 0.5) is 5.95 Å². The molecule has 1 aliphatic rings. The minimum Gasteiger partial charge on any atom is -0.352 e. The standard InChI is InChI=1S/C12H17ClN4O/c1-8(11(18)17-10-4-2-3-5-10)16-12-14-6-9(13)7-15-12/h6-8,10H,2-5H2,1H3,(H,17,18)(H,14,15,16)/t8-/m0/s1. The van der Waals surface area contributed by atoms with Crippen molar-refractivity contribution in [2.75, 3.05) is 5.32 Å². The van der Waals surface area contributed by atoms with E-state index in [-0.39, 0.29) is 11.9 Å². The summed E-state index contributed by atoms with van der Waals surface area (Å²) in [6.45, 7) is 1.79. The minimum absolute atomic E-state index is 0.0135. The fourth-order valence-corrected chi connectivity index (χ4v) is 2.14. The van der Waals surface area contributed by atoms with Gasteiger partial charge < -0.3 is 10.6 Å². The van der Waals surface area contributed by atoms with Crippen LogP contribution < -0.4 is 10.6 Å². The number of hydrogen-bond donors (Lipinski definition) is 2. The number of amides is 1. The molecule has 18 heavy (non-hydrogen) atoms. The second-order valence-electron chi connectivity index (χ2n) is 4.58. The van der Waals surface area contributed by atoms with Crippen LogP contribution in [0.15, 0.2) is 12.4 Å². The highest BCUT2D eigenvalue weighted by Crippen LogP contribution is 2.17. The van der Waals surface area contributed by atoms with Crippen LogP contribution >= 0.6 is 11.6 Å². The average Bonchev–Trinajstić information content (AvgIpc) is 2.85. The van der Waals surface area contributed by atoms with Crippen LogP contribution in [0.1, 0.15) is 32.6 Å². The molecule has 0 unspecified atom stereocenters. The predicted molar refractivity (Wildman–Crippen MR) is 70.5 cm³/mol. The maximum atomic E-state index is 11.9. The van der Waals surface area contributed by atoms with Gasteiger partial charge in [0.1, 0.15) is 6.04 Å². The summed E-state index contributed by atoms with van der Waals surface area (Å²) >= 11 is 5.69. The van der Waals surface area contributed by atoms with Crippen molar-refractivity contribution in [2.24, 2.45) is 0 Å². The second kappa shape index (κ2) is 6.00. The summed E-state index contributed by atoms with van der Waals surface area (Å²) in [6.07, 6.45) is 7.56. The topological polar surface area (TPSA) is 66.9 Å². The fraction of sp³-hybridized carbons (Fsp3) is 0.583. The molecule has 1 atom stereocenters. The van der Waals surface area contributed by atoms with E-state index in [1.807, 2.05) is 0 Å². The second-order valence-corrected chi connectivity index (χ2v) is 5.02. The molecule has 1 aromatic heterocycles. The Morgan fingerprint density at radius 2 is 2.00 bits per heavy atom. The maximum Gasteiger partial charge on any atom is 0.242 e. The van der Waals surface area contributed by atoms with Crippen LogP contribution in [0.3, 0.4) is 0 Å². The third-order valence-corrected chi connectivity index (χ3v) is 3.26. The molecule has 1 aromatic rings. The molecule has 2 N–H and O–H groups in total. The van der Waals surface area contributed by atoms with E-state index in [9.17, 15) is 4.79 Å². The van der Waals surface area contributed by atoms with Crippen LogP contribution in [0.25, 0.3) is 0 Å². The van der Waals surface area contributed by atoms with Gasteiger partial charge in [0.15, 0.2) is 0 Å². The van der Waals surface area contributed by atoms with Gasteiger partial charge in [-0.1, -0.05) is 24.4 Å². The normalized spacial score (nSPS) is 17.4. The minimum atomic E-state index is -0.355. The molecule has 0 saturated heterocycles. The Hall–Kier alpha value is -1.36. The summed E-state index contributed by atoms with van der Waals surface area (Å²) in [5, 5.41) is 6.45. The fourth-order valence-electron chi connectivity index (χ4n) is 2.04. The van der Waals surface area contributed by atoms with Gasteiger partial charge in [-0.15, -0.1) is 0 Å². The summed E-state index contributed by atoms with van der Waals surface area (Å²) in [4.78, 5) is 19.9. The summed E-state index contributed by atoms with van der Waals surface area (Å²) < 4.78 is 0. The van der Waals surface area contributed by atoms with Crippen molar-refractivity contribution in [1.82, 2.24) is 15.3 Å². The van der Waals surface area contributed by atoms with Crippen LogP contribution in [0.2, 0.25) is 5.02 Å². The highest BCUT2D eigenvalue weighted by Gasteiger charge is 2.20. The lowest BCUT2D eigenvalue weighted by Gasteiger charge is -2.17. The molecule has 0 bridgehead atoms. The van der Waals surface area contributed by atoms with Gasteiger partial charge in [-0.2, -0.15) is 0 Å². The number of carbonyl (C=O) groups excluding carboxylic acids is 1. The van der Waals surface area contributed by atoms with Crippen molar-refractivity contribution in [2.45, 2.75) is 44.7 Å². The van der Waals surface area contributed by atoms with Crippen molar-refractivity contribution >= 4 is 23.5 Å². The first-order chi connectivity index (χ1) is 8.65. The molecule has 1 aliphatic carbocycles. The zero-order valence-electron chi connectivity index (χ0n) is 10.3.